The van der Waals surface area contributed by atoms with Crippen molar-refractivity contribution < 1.29 is 9.59 Å². The van der Waals surface area contributed by atoms with E-state index in [-0.39, 0.29) is 5.91 Å². The lowest BCUT2D eigenvalue weighted by atomic mass is 9.94. The zero-order valence-electron chi connectivity index (χ0n) is 12.4. The minimum absolute atomic E-state index is 0.375. The minimum Gasteiger partial charge on any atom is -0.351 e. The van der Waals surface area contributed by atoms with Gasteiger partial charge >= 0.3 is 6.03 Å². The van der Waals surface area contributed by atoms with Gasteiger partial charge in [0.05, 0.1) is 0 Å². The fourth-order valence-corrected chi connectivity index (χ4v) is 0.894. The van der Waals surface area contributed by atoms with Gasteiger partial charge in [-0.05, 0) is 18.3 Å². The van der Waals surface area contributed by atoms with Gasteiger partial charge < -0.3 is 5.73 Å². The number of amides is 3. The fraction of sp³-hybridized carbons (Fsp3) is 0.846. The molecular formula is C13H27BrN2O2. The first kappa shape index (κ1) is 19.8. The molecule has 0 rings (SSSR count). The van der Waals surface area contributed by atoms with Crippen molar-refractivity contribution in [3.05, 3.63) is 0 Å². The Labute approximate surface area is 119 Å². The van der Waals surface area contributed by atoms with Gasteiger partial charge in [-0.3, -0.25) is 10.1 Å². The number of urea groups is 1. The number of carbonyl (C=O) groups excluding carboxylic acids is 2. The topological polar surface area (TPSA) is 72.2 Å². The molecule has 0 aliphatic carbocycles. The molecule has 0 aliphatic rings. The van der Waals surface area contributed by atoms with Gasteiger partial charge in [-0.25, -0.2) is 4.79 Å². The molecule has 0 radical (unpaired) electrons. The van der Waals surface area contributed by atoms with Crippen LogP contribution in [-0.4, -0.2) is 16.3 Å². The predicted octanol–water partition coefficient (Wildman–Crippen LogP) is 3.58. The molecule has 0 aliphatic heterocycles. The third-order valence-electron chi connectivity index (χ3n) is 2.83. The molecule has 108 valence electrons. The molecule has 0 bridgehead atoms. The van der Waals surface area contributed by atoms with Crippen molar-refractivity contribution >= 4 is 27.9 Å². The molecule has 0 spiro atoms. The van der Waals surface area contributed by atoms with Crippen molar-refractivity contribution in [3.8, 4) is 0 Å². The summed E-state index contributed by atoms with van der Waals surface area (Å²) in [4.78, 5) is 21.6. The van der Waals surface area contributed by atoms with Crippen molar-refractivity contribution in [2.24, 2.45) is 11.1 Å². The molecule has 18 heavy (non-hydrogen) atoms. The third kappa shape index (κ3) is 9.45. The number of hydrogen-bond acceptors (Lipinski definition) is 2. The highest BCUT2D eigenvalue weighted by atomic mass is 79.9. The molecule has 0 unspecified atom stereocenters. The summed E-state index contributed by atoms with van der Waals surface area (Å²) in [5.74, 6) is -0.375. The molecule has 0 saturated carbocycles. The van der Waals surface area contributed by atoms with Crippen LogP contribution in [0.1, 0.15) is 60.8 Å². The Morgan fingerprint density at radius 3 is 1.56 bits per heavy atom. The van der Waals surface area contributed by atoms with Gasteiger partial charge in [-0.1, -0.05) is 63.9 Å². The predicted molar refractivity (Wildman–Crippen MR) is 79.7 cm³/mol. The standard InChI is InChI=1S/C7H13BrN2O2.C6H14/c1-3-7(8,4-2)5(11)10-6(9)12;1-5-6(2,3)4/h3-4H2,1-2H3,(H3,9,10,11,12);5H2,1-4H3. The molecule has 5 heteroatoms. The third-order valence-corrected chi connectivity index (χ3v) is 4.31. The highest BCUT2D eigenvalue weighted by molar-refractivity contribution is 9.10. The Balaban J connectivity index is 0. The summed E-state index contributed by atoms with van der Waals surface area (Å²) >= 11 is 3.26. The second-order valence-corrected chi connectivity index (χ2v) is 6.92. The van der Waals surface area contributed by atoms with Crippen LogP contribution in [0, 0.1) is 5.41 Å². The highest BCUT2D eigenvalue weighted by Gasteiger charge is 2.32. The maximum absolute atomic E-state index is 11.3. The first-order chi connectivity index (χ1) is 8.02. The first-order valence-electron chi connectivity index (χ1n) is 6.32. The number of rotatable bonds is 3. The van der Waals surface area contributed by atoms with E-state index < -0.39 is 10.4 Å². The molecule has 0 heterocycles. The maximum atomic E-state index is 11.3. The van der Waals surface area contributed by atoms with E-state index in [1.807, 2.05) is 19.2 Å². The van der Waals surface area contributed by atoms with Gasteiger partial charge in [0, 0.05) is 0 Å². The lowest BCUT2D eigenvalue weighted by Crippen LogP contribution is -2.46. The van der Waals surface area contributed by atoms with Gasteiger partial charge in [-0.15, -0.1) is 0 Å². The Bertz CT molecular complexity index is 269. The quantitative estimate of drug-likeness (QED) is 0.779. The van der Waals surface area contributed by atoms with E-state index in [1.54, 1.807) is 0 Å². The molecule has 4 nitrogen and oxygen atoms in total. The Morgan fingerprint density at radius 2 is 1.39 bits per heavy atom. The number of carbonyl (C=O) groups is 2. The van der Waals surface area contributed by atoms with Gasteiger partial charge in [0.15, 0.2) is 0 Å². The van der Waals surface area contributed by atoms with E-state index in [4.69, 9.17) is 5.73 Å². The second kappa shape index (κ2) is 8.51. The first-order valence-corrected chi connectivity index (χ1v) is 7.11. The zero-order valence-corrected chi connectivity index (χ0v) is 14.0. The van der Waals surface area contributed by atoms with E-state index in [9.17, 15) is 9.59 Å². The zero-order chi connectivity index (χ0) is 15.0. The lowest BCUT2D eigenvalue weighted by molar-refractivity contribution is -0.122. The fourth-order valence-electron chi connectivity index (χ4n) is 0.795. The molecule has 3 amide bonds. The van der Waals surface area contributed by atoms with E-state index in [0.29, 0.717) is 18.3 Å². The molecule has 0 fully saturated rings. The summed E-state index contributed by atoms with van der Waals surface area (Å²) in [7, 11) is 0. The van der Waals surface area contributed by atoms with Crippen LogP contribution in [0.25, 0.3) is 0 Å². The molecule has 0 aromatic rings. The van der Waals surface area contributed by atoms with Crippen LogP contribution >= 0.6 is 15.9 Å². The van der Waals surface area contributed by atoms with Crippen molar-refractivity contribution in [2.45, 2.75) is 65.1 Å². The highest BCUT2D eigenvalue weighted by Crippen LogP contribution is 2.26. The van der Waals surface area contributed by atoms with Crippen molar-refractivity contribution in [3.63, 3.8) is 0 Å². The van der Waals surface area contributed by atoms with E-state index >= 15 is 0 Å². The van der Waals surface area contributed by atoms with Crippen molar-refractivity contribution in [1.29, 1.82) is 0 Å². The van der Waals surface area contributed by atoms with Crippen LogP contribution < -0.4 is 11.1 Å². The number of halogens is 1. The average molecular weight is 323 g/mol. The smallest absolute Gasteiger partial charge is 0.318 e. The number of imide groups is 1. The molecular weight excluding hydrogens is 296 g/mol. The van der Waals surface area contributed by atoms with Crippen LogP contribution in [-0.2, 0) is 4.79 Å². The Morgan fingerprint density at radius 1 is 1.06 bits per heavy atom. The summed E-state index contributed by atoms with van der Waals surface area (Å²) in [5, 5.41) is 2.04. The number of alkyl halides is 1. The monoisotopic (exact) mass is 322 g/mol. The van der Waals surface area contributed by atoms with Crippen LogP contribution in [0.15, 0.2) is 0 Å². The SMILES string of the molecule is CCC(Br)(CC)C(=O)NC(N)=O.CCC(C)(C)C. The largest absolute Gasteiger partial charge is 0.351 e. The van der Waals surface area contributed by atoms with Crippen molar-refractivity contribution in [1.82, 2.24) is 5.32 Å². The Hall–Kier alpha value is -0.580. The minimum atomic E-state index is -0.814. The van der Waals surface area contributed by atoms with Crippen molar-refractivity contribution in [2.75, 3.05) is 0 Å². The second-order valence-electron chi connectivity index (χ2n) is 5.41. The maximum Gasteiger partial charge on any atom is 0.318 e. The van der Waals surface area contributed by atoms with E-state index in [2.05, 4.69) is 43.6 Å². The van der Waals surface area contributed by atoms with Gasteiger partial charge in [0.2, 0.25) is 5.91 Å². The lowest BCUT2D eigenvalue weighted by Gasteiger charge is -2.21. The summed E-state index contributed by atoms with van der Waals surface area (Å²) in [6.07, 6.45) is 2.50. The molecule has 3 N–H and O–H groups in total. The molecule has 0 aromatic heterocycles. The van der Waals surface area contributed by atoms with Crippen LogP contribution in [0.5, 0.6) is 0 Å². The van der Waals surface area contributed by atoms with Crippen LogP contribution in [0.2, 0.25) is 0 Å². The average Bonchev–Trinajstić information content (AvgIpc) is 2.27. The number of nitrogens with two attached hydrogens (primary N) is 1. The summed E-state index contributed by atoms with van der Waals surface area (Å²) in [6, 6.07) is -0.814. The van der Waals surface area contributed by atoms with Gasteiger partial charge in [-0.2, -0.15) is 0 Å². The van der Waals surface area contributed by atoms with Gasteiger partial charge in [0.1, 0.15) is 4.32 Å². The van der Waals surface area contributed by atoms with Crippen LogP contribution in [0.4, 0.5) is 4.79 Å². The van der Waals surface area contributed by atoms with Gasteiger partial charge in [0.25, 0.3) is 0 Å². The Kier molecular flexibility index (Phi) is 9.34. The summed E-state index contributed by atoms with van der Waals surface area (Å²) < 4.78 is -0.665. The van der Waals surface area contributed by atoms with Crippen LogP contribution in [0.3, 0.4) is 0 Å². The number of primary amides is 1. The summed E-state index contributed by atoms with van der Waals surface area (Å²) in [5.41, 5.74) is 5.35. The summed E-state index contributed by atoms with van der Waals surface area (Å²) in [6.45, 7) is 12.7. The van der Waals surface area contributed by atoms with E-state index in [1.165, 1.54) is 6.42 Å². The molecule has 0 atom stereocenters. The number of nitrogens with one attached hydrogen (secondary N) is 1. The molecule has 0 saturated heterocycles. The normalized spacial score (nSPS) is 11.3. The molecule has 0 aromatic carbocycles. The van der Waals surface area contributed by atoms with E-state index in [0.717, 1.165) is 0 Å². The number of hydrogen-bond donors (Lipinski definition) is 2.